The number of nitrogens with zero attached hydrogens (tertiary/aromatic N) is 2. The molecule has 2 rings (SSSR count). The van der Waals surface area contributed by atoms with Gasteiger partial charge in [0.05, 0.1) is 7.11 Å². The summed E-state index contributed by atoms with van der Waals surface area (Å²) in [4.78, 5) is 4.39. The van der Waals surface area contributed by atoms with Gasteiger partial charge in [-0.3, -0.25) is 0 Å². The molecule has 0 radical (unpaired) electrons. The van der Waals surface area contributed by atoms with Gasteiger partial charge in [0.2, 0.25) is 0 Å². The second-order valence-corrected chi connectivity index (χ2v) is 5.09. The third kappa shape index (κ3) is 3.32. The van der Waals surface area contributed by atoms with Gasteiger partial charge in [0, 0.05) is 42.5 Å². The van der Waals surface area contributed by atoms with Crippen LogP contribution in [0.3, 0.4) is 0 Å². The van der Waals surface area contributed by atoms with Gasteiger partial charge in [0.1, 0.15) is 11.6 Å². The van der Waals surface area contributed by atoms with Crippen molar-refractivity contribution in [1.82, 2.24) is 14.9 Å². The Hall–Kier alpha value is -1.52. The third-order valence-corrected chi connectivity index (χ3v) is 3.56. The monoisotopic (exact) mass is 293 g/mol. The van der Waals surface area contributed by atoms with Crippen LogP contribution in [0.25, 0.3) is 0 Å². The molecule has 0 bridgehead atoms. The number of aryl methyl sites for hydroxylation is 1. The minimum absolute atomic E-state index is 0.147. The smallest absolute Gasteiger partial charge is 0.125 e. The summed E-state index contributed by atoms with van der Waals surface area (Å²) in [5, 5.41) is 4.16. The minimum Gasteiger partial charge on any atom is -0.496 e. The average molecular weight is 294 g/mol. The fourth-order valence-corrected chi connectivity index (χ4v) is 2.45. The van der Waals surface area contributed by atoms with E-state index in [9.17, 15) is 0 Å². The Kier molecular flexibility index (Phi) is 5.04. The summed E-state index contributed by atoms with van der Waals surface area (Å²) in [6, 6.07) is 5.90. The minimum atomic E-state index is 0.147. The average Bonchev–Trinajstić information content (AvgIpc) is 2.84. The molecule has 1 atom stereocenters. The standard InChI is InChI=1S/C15H20ClN3O/c1-4-17-13(10-15-18-7-8-19(15)2)12-6-5-11(16)9-14(12)20-3/h5-9,13,17H,4,10H2,1-3H3. The lowest BCUT2D eigenvalue weighted by molar-refractivity contribution is 0.398. The number of rotatable bonds is 6. The predicted octanol–water partition coefficient (Wildman–Crippen LogP) is 2.98. The summed E-state index contributed by atoms with van der Waals surface area (Å²) in [6.45, 7) is 2.97. The zero-order valence-corrected chi connectivity index (χ0v) is 12.8. The summed E-state index contributed by atoms with van der Waals surface area (Å²) >= 11 is 6.03. The van der Waals surface area contributed by atoms with E-state index in [-0.39, 0.29) is 6.04 Å². The highest BCUT2D eigenvalue weighted by Gasteiger charge is 2.18. The van der Waals surface area contributed by atoms with Crippen LogP contribution in [-0.2, 0) is 13.5 Å². The molecule has 0 spiro atoms. The van der Waals surface area contributed by atoms with E-state index in [2.05, 4.69) is 17.2 Å². The SMILES string of the molecule is CCNC(Cc1nccn1C)c1ccc(Cl)cc1OC. The molecule has 0 fully saturated rings. The zero-order chi connectivity index (χ0) is 14.5. The maximum Gasteiger partial charge on any atom is 0.125 e. The van der Waals surface area contributed by atoms with Gasteiger partial charge in [0.15, 0.2) is 0 Å². The van der Waals surface area contributed by atoms with Gasteiger partial charge in [-0.15, -0.1) is 0 Å². The van der Waals surface area contributed by atoms with E-state index in [0.717, 1.165) is 30.1 Å². The molecule has 0 amide bonds. The molecule has 0 aliphatic rings. The molecular weight excluding hydrogens is 274 g/mol. The molecule has 0 aliphatic carbocycles. The molecule has 20 heavy (non-hydrogen) atoms. The van der Waals surface area contributed by atoms with Gasteiger partial charge in [-0.25, -0.2) is 4.98 Å². The van der Waals surface area contributed by atoms with E-state index < -0.39 is 0 Å². The van der Waals surface area contributed by atoms with Gasteiger partial charge >= 0.3 is 0 Å². The van der Waals surface area contributed by atoms with Crippen LogP contribution in [0.1, 0.15) is 24.4 Å². The maximum atomic E-state index is 6.03. The summed E-state index contributed by atoms with van der Waals surface area (Å²) in [5.74, 6) is 1.84. The lowest BCUT2D eigenvalue weighted by Gasteiger charge is -2.20. The molecule has 1 aromatic carbocycles. The quantitative estimate of drug-likeness (QED) is 0.890. The van der Waals surface area contributed by atoms with Crippen LogP contribution in [0.5, 0.6) is 5.75 Å². The van der Waals surface area contributed by atoms with E-state index in [1.807, 2.05) is 42.2 Å². The largest absolute Gasteiger partial charge is 0.496 e. The summed E-state index contributed by atoms with van der Waals surface area (Å²) in [5.41, 5.74) is 1.10. The summed E-state index contributed by atoms with van der Waals surface area (Å²) in [6.07, 6.45) is 4.57. The van der Waals surface area contributed by atoms with Crippen LogP contribution < -0.4 is 10.1 Å². The Morgan fingerprint density at radius 1 is 1.45 bits per heavy atom. The van der Waals surface area contributed by atoms with E-state index in [1.165, 1.54) is 0 Å². The van der Waals surface area contributed by atoms with Crippen molar-refractivity contribution in [3.05, 3.63) is 47.0 Å². The number of hydrogen-bond acceptors (Lipinski definition) is 3. The predicted molar refractivity (Wildman–Crippen MR) is 81.3 cm³/mol. The fraction of sp³-hybridized carbons (Fsp3) is 0.400. The van der Waals surface area contributed by atoms with Crippen molar-refractivity contribution in [1.29, 1.82) is 0 Å². The number of ether oxygens (including phenoxy) is 1. The summed E-state index contributed by atoms with van der Waals surface area (Å²) < 4.78 is 7.49. The van der Waals surface area contributed by atoms with Crippen LogP contribution in [0, 0.1) is 0 Å². The number of likely N-dealkylation sites (N-methyl/N-ethyl adjacent to an activating group) is 1. The molecule has 0 aliphatic heterocycles. The molecule has 108 valence electrons. The van der Waals surface area contributed by atoms with Crippen molar-refractivity contribution in [3.8, 4) is 5.75 Å². The van der Waals surface area contributed by atoms with Crippen LogP contribution in [0.15, 0.2) is 30.6 Å². The molecule has 1 aromatic heterocycles. The molecule has 0 saturated heterocycles. The second-order valence-electron chi connectivity index (χ2n) is 4.66. The number of hydrogen-bond donors (Lipinski definition) is 1. The summed E-state index contributed by atoms with van der Waals surface area (Å²) in [7, 11) is 3.67. The second kappa shape index (κ2) is 6.77. The number of halogens is 1. The maximum absolute atomic E-state index is 6.03. The van der Waals surface area contributed by atoms with E-state index in [4.69, 9.17) is 16.3 Å². The lowest BCUT2D eigenvalue weighted by Crippen LogP contribution is -2.24. The molecule has 2 aromatic rings. The van der Waals surface area contributed by atoms with E-state index >= 15 is 0 Å². The normalized spacial score (nSPS) is 12.4. The fourth-order valence-electron chi connectivity index (χ4n) is 2.29. The molecule has 0 saturated carbocycles. The van der Waals surface area contributed by atoms with Crippen molar-refractivity contribution in [2.75, 3.05) is 13.7 Å². The molecule has 1 heterocycles. The van der Waals surface area contributed by atoms with Crippen molar-refractivity contribution in [2.45, 2.75) is 19.4 Å². The highest BCUT2D eigenvalue weighted by Crippen LogP contribution is 2.30. The van der Waals surface area contributed by atoms with Gasteiger partial charge in [-0.1, -0.05) is 24.6 Å². The highest BCUT2D eigenvalue weighted by atomic mass is 35.5. The van der Waals surface area contributed by atoms with Crippen molar-refractivity contribution in [3.63, 3.8) is 0 Å². The Labute approximate surface area is 124 Å². The topological polar surface area (TPSA) is 39.1 Å². The van der Waals surface area contributed by atoms with Crippen molar-refractivity contribution in [2.24, 2.45) is 7.05 Å². The van der Waals surface area contributed by atoms with E-state index in [1.54, 1.807) is 7.11 Å². The van der Waals surface area contributed by atoms with Gasteiger partial charge in [0.25, 0.3) is 0 Å². The number of imidazole rings is 1. The van der Waals surface area contributed by atoms with Crippen molar-refractivity contribution < 1.29 is 4.74 Å². The number of nitrogens with one attached hydrogen (secondary N) is 1. The lowest BCUT2D eigenvalue weighted by atomic mass is 10.0. The highest BCUT2D eigenvalue weighted by molar-refractivity contribution is 6.30. The Bertz CT molecular complexity index is 568. The number of methoxy groups -OCH3 is 1. The Morgan fingerprint density at radius 2 is 2.25 bits per heavy atom. The van der Waals surface area contributed by atoms with Crippen LogP contribution in [0.4, 0.5) is 0 Å². The Balaban J connectivity index is 2.30. The van der Waals surface area contributed by atoms with E-state index in [0.29, 0.717) is 5.02 Å². The molecule has 4 nitrogen and oxygen atoms in total. The number of aromatic nitrogens is 2. The van der Waals surface area contributed by atoms with Gasteiger partial charge in [-0.2, -0.15) is 0 Å². The molecule has 1 N–H and O–H groups in total. The zero-order valence-electron chi connectivity index (χ0n) is 12.1. The first-order chi connectivity index (χ1) is 9.65. The first-order valence-electron chi connectivity index (χ1n) is 6.68. The first-order valence-corrected chi connectivity index (χ1v) is 7.06. The first kappa shape index (κ1) is 14.9. The third-order valence-electron chi connectivity index (χ3n) is 3.33. The van der Waals surface area contributed by atoms with Crippen LogP contribution >= 0.6 is 11.6 Å². The van der Waals surface area contributed by atoms with Crippen molar-refractivity contribution >= 4 is 11.6 Å². The van der Waals surface area contributed by atoms with Crippen LogP contribution in [0.2, 0.25) is 5.02 Å². The molecular formula is C15H20ClN3O. The molecule has 1 unspecified atom stereocenters. The van der Waals surface area contributed by atoms with Gasteiger partial charge in [-0.05, 0) is 18.7 Å². The van der Waals surface area contributed by atoms with Crippen LogP contribution in [-0.4, -0.2) is 23.2 Å². The Morgan fingerprint density at radius 3 is 2.85 bits per heavy atom. The number of benzene rings is 1. The van der Waals surface area contributed by atoms with Gasteiger partial charge < -0.3 is 14.6 Å². The molecule has 5 heteroatoms.